The van der Waals surface area contributed by atoms with Crippen molar-refractivity contribution >= 4 is 16.8 Å². The lowest BCUT2D eigenvalue weighted by molar-refractivity contribution is 0.0631. The normalized spacial score (nSPS) is 20.4. The molecule has 3 heterocycles. The zero-order chi connectivity index (χ0) is 16.3. The summed E-state index contributed by atoms with van der Waals surface area (Å²) in [5, 5.41) is 5.69. The quantitative estimate of drug-likeness (QED) is 0.789. The van der Waals surface area contributed by atoms with E-state index >= 15 is 0 Å². The van der Waals surface area contributed by atoms with Crippen molar-refractivity contribution in [3.8, 4) is 0 Å². The number of benzene rings is 1. The van der Waals surface area contributed by atoms with E-state index in [0.717, 1.165) is 34.7 Å². The monoisotopic (exact) mass is 321 g/mol. The molecule has 1 N–H and O–H groups in total. The van der Waals surface area contributed by atoms with Crippen molar-refractivity contribution in [3.05, 3.63) is 47.7 Å². The van der Waals surface area contributed by atoms with Crippen LogP contribution >= 0.6 is 0 Å². The predicted octanol–water partition coefficient (Wildman–Crippen LogP) is 2.85. The number of nitrogens with one attached hydrogen (secondary N) is 1. The summed E-state index contributed by atoms with van der Waals surface area (Å²) >= 11 is 0. The van der Waals surface area contributed by atoms with Crippen molar-refractivity contribution in [2.45, 2.75) is 38.3 Å². The highest BCUT2D eigenvalue weighted by Crippen LogP contribution is 2.39. The molecule has 6 nitrogen and oxygen atoms in total. The number of hydrogen-bond donors (Lipinski definition) is 1. The molecule has 1 atom stereocenters. The standard InChI is InChI=1S/C18H19N5O/c1-11-17-20-16(12-2-3-12)21-23(17)9-8-22(11)18(24)14-4-5-15-13(10-14)6-7-19-15/h4-7,10-12,19H,2-3,8-9H2,1H3/t11-/m1/s1. The second kappa shape index (κ2) is 4.93. The van der Waals surface area contributed by atoms with Crippen LogP contribution in [0.3, 0.4) is 0 Å². The van der Waals surface area contributed by atoms with E-state index in [1.807, 2.05) is 47.0 Å². The number of carbonyl (C=O) groups excluding carboxylic acids is 1. The molecule has 1 aromatic carbocycles. The van der Waals surface area contributed by atoms with Gasteiger partial charge in [-0.05, 0) is 44.0 Å². The smallest absolute Gasteiger partial charge is 0.254 e. The first-order chi connectivity index (χ1) is 11.7. The maximum atomic E-state index is 13.0. The molecule has 2 aliphatic rings. The number of hydrogen-bond acceptors (Lipinski definition) is 3. The average Bonchev–Trinajstić information content (AvgIpc) is 3.18. The first-order valence-corrected chi connectivity index (χ1v) is 8.53. The molecule has 0 radical (unpaired) electrons. The highest BCUT2D eigenvalue weighted by molar-refractivity contribution is 5.98. The van der Waals surface area contributed by atoms with E-state index in [0.29, 0.717) is 12.5 Å². The van der Waals surface area contributed by atoms with E-state index < -0.39 is 0 Å². The number of aromatic amines is 1. The van der Waals surface area contributed by atoms with Gasteiger partial charge in [-0.2, -0.15) is 5.10 Å². The SMILES string of the molecule is C[C@@H]1c2nc(C3CC3)nn2CCN1C(=O)c1ccc2[nH]ccc2c1. The van der Waals surface area contributed by atoms with Crippen LogP contribution in [0.4, 0.5) is 0 Å². The van der Waals surface area contributed by atoms with E-state index in [2.05, 4.69) is 10.1 Å². The minimum Gasteiger partial charge on any atom is -0.361 e. The van der Waals surface area contributed by atoms with Gasteiger partial charge in [0.25, 0.3) is 5.91 Å². The number of amides is 1. The van der Waals surface area contributed by atoms with E-state index in [1.165, 1.54) is 12.8 Å². The summed E-state index contributed by atoms with van der Waals surface area (Å²) in [6.45, 7) is 3.44. The first-order valence-electron chi connectivity index (χ1n) is 8.53. The van der Waals surface area contributed by atoms with Crippen LogP contribution in [-0.4, -0.2) is 37.1 Å². The Kier molecular flexibility index (Phi) is 2.83. The molecule has 0 unspecified atom stereocenters. The van der Waals surface area contributed by atoms with E-state index in [-0.39, 0.29) is 11.9 Å². The van der Waals surface area contributed by atoms with E-state index in [1.54, 1.807) is 0 Å². The van der Waals surface area contributed by atoms with Crippen molar-refractivity contribution in [1.82, 2.24) is 24.6 Å². The van der Waals surface area contributed by atoms with Crippen LogP contribution in [0.15, 0.2) is 30.5 Å². The van der Waals surface area contributed by atoms with Crippen LogP contribution in [0.2, 0.25) is 0 Å². The molecule has 1 amide bonds. The number of carbonyl (C=O) groups is 1. The molecule has 3 aromatic rings. The molecule has 1 aliphatic carbocycles. The number of nitrogens with zero attached hydrogens (tertiary/aromatic N) is 4. The highest BCUT2D eigenvalue weighted by Gasteiger charge is 2.34. The van der Waals surface area contributed by atoms with Crippen molar-refractivity contribution in [2.24, 2.45) is 0 Å². The van der Waals surface area contributed by atoms with Crippen molar-refractivity contribution in [2.75, 3.05) is 6.54 Å². The Bertz CT molecular complexity index is 936. The van der Waals surface area contributed by atoms with Crippen LogP contribution < -0.4 is 0 Å². The number of aromatic nitrogens is 4. The molecule has 1 fully saturated rings. The zero-order valence-corrected chi connectivity index (χ0v) is 13.6. The topological polar surface area (TPSA) is 66.8 Å². The van der Waals surface area contributed by atoms with Crippen LogP contribution in [0, 0.1) is 0 Å². The second-order valence-corrected chi connectivity index (χ2v) is 6.78. The Morgan fingerprint density at radius 2 is 2.12 bits per heavy atom. The summed E-state index contributed by atoms with van der Waals surface area (Å²) in [5.41, 5.74) is 1.77. The molecule has 0 spiro atoms. The summed E-state index contributed by atoms with van der Waals surface area (Å²) in [6, 6.07) is 7.75. The second-order valence-electron chi connectivity index (χ2n) is 6.78. The van der Waals surface area contributed by atoms with Gasteiger partial charge in [0.1, 0.15) is 5.82 Å². The van der Waals surface area contributed by atoms with Crippen LogP contribution in [0.5, 0.6) is 0 Å². The lowest BCUT2D eigenvalue weighted by atomic mass is 10.1. The summed E-state index contributed by atoms with van der Waals surface area (Å²) < 4.78 is 1.98. The van der Waals surface area contributed by atoms with Gasteiger partial charge < -0.3 is 9.88 Å². The Morgan fingerprint density at radius 3 is 2.96 bits per heavy atom. The molecule has 24 heavy (non-hydrogen) atoms. The maximum absolute atomic E-state index is 13.0. The molecule has 0 bridgehead atoms. The lowest BCUT2D eigenvalue weighted by Gasteiger charge is -2.33. The largest absolute Gasteiger partial charge is 0.361 e. The van der Waals surface area contributed by atoms with Gasteiger partial charge >= 0.3 is 0 Å². The Hall–Kier alpha value is -2.63. The van der Waals surface area contributed by atoms with E-state index in [9.17, 15) is 4.79 Å². The number of H-pyrrole nitrogens is 1. The van der Waals surface area contributed by atoms with Gasteiger partial charge in [0.15, 0.2) is 5.82 Å². The summed E-state index contributed by atoms with van der Waals surface area (Å²) in [4.78, 5) is 22.8. The van der Waals surface area contributed by atoms with Crippen LogP contribution in [0.1, 0.15) is 53.7 Å². The van der Waals surface area contributed by atoms with Crippen molar-refractivity contribution < 1.29 is 4.79 Å². The zero-order valence-electron chi connectivity index (χ0n) is 13.6. The minimum absolute atomic E-state index is 0.0480. The predicted molar refractivity (Wildman–Crippen MR) is 89.7 cm³/mol. The van der Waals surface area contributed by atoms with Gasteiger partial charge in [-0.1, -0.05) is 0 Å². The molecule has 1 saturated carbocycles. The fraction of sp³-hybridized carbons (Fsp3) is 0.389. The van der Waals surface area contributed by atoms with Gasteiger partial charge in [0.2, 0.25) is 0 Å². The Morgan fingerprint density at radius 1 is 1.25 bits per heavy atom. The van der Waals surface area contributed by atoms with Crippen LogP contribution in [-0.2, 0) is 6.54 Å². The van der Waals surface area contributed by atoms with Crippen LogP contribution in [0.25, 0.3) is 10.9 Å². The molecular weight excluding hydrogens is 302 g/mol. The van der Waals surface area contributed by atoms with E-state index in [4.69, 9.17) is 4.98 Å². The first kappa shape index (κ1) is 13.8. The maximum Gasteiger partial charge on any atom is 0.254 e. The van der Waals surface area contributed by atoms with Gasteiger partial charge in [-0.25, -0.2) is 9.67 Å². The summed E-state index contributed by atoms with van der Waals surface area (Å²) in [6.07, 6.45) is 4.28. The molecule has 0 saturated heterocycles. The molecule has 5 rings (SSSR count). The third kappa shape index (κ3) is 2.06. The molecular formula is C18H19N5O. The highest BCUT2D eigenvalue weighted by atomic mass is 16.2. The lowest BCUT2D eigenvalue weighted by Crippen LogP contribution is -2.41. The van der Waals surface area contributed by atoms with Crippen molar-refractivity contribution in [1.29, 1.82) is 0 Å². The Balaban J connectivity index is 1.46. The minimum atomic E-state index is -0.0480. The molecule has 2 aromatic heterocycles. The fourth-order valence-corrected chi connectivity index (χ4v) is 3.53. The average molecular weight is 321 g/mol. The molecule has 1 aliphatic heterocycles. The van der Waals surface area contributed by atoms with Gasteiger partial charge in [0, 0.05) is 35.1 Å². The third-order valence-electron chi connectivity index (χ3n) is 5.11. The fourth-order valence-electron chi connectivity index (χ4n) is 3.53. The molecule has 122 valence electrons. The molecule has 6 heteroatoms. The van der Waals surface area contributed by atoms with Gasteiger partial charge in [0.05, 0.1) is 12.6 Å². The third-order valence-corrected chi connectivity index (χ3v) is 5.11. The number of rotatable bonds is 2. The van der Waals surface area contributed by atoms with Crippen molar-refractivity contribution in [3.63, 3.8) is 0 Å². The van der Waals surface area contributed by atoms with Gasteiger partial charge in [-0.3, -0.25) is 4.79 Å². The summed E-state index contributed by atoms with van der Waals surface area (Å²) in [7, 11) is 0. The Labute approximate surface area is 139 Å². The van der Waals surface area contributed by atoms with Gasteiger partial charge in [-0.15, -0.1) is 0 Å². The summed E-state index contributed by atoms with van der Waals surface area (Å²) in [5.74, 6) is 2.47. The number of fused-ring (bicyclic) bond motifs is 2.